The van der Waals surface area contributed by atoms with Gasteiger partial charge in [0.25, 0.3) is 0 Å². The molecule has 1 aliphatic heterocycles. The van der Waals surface area contributed by atoms with Crippen molar-refractivity contribution in [2.45, 2.75) is 6.10 Å². The number of ether oxygens (including phenoxy) is 4. The number of aliphatic hydroxyl groups excluding tert-OH is 1. The molecule has 0 spiro atoms. The molecule has 0 saturated carbocycles. The van der Waals surface area contributed by atoms with Gasteiger partial charge in [-0.2, -0.15) is 0 Å². The summed E-state index contributed by atoms with van der Waals surface area (Å²) in [6.45, 7) is 6.73. The van der Waals surface area contributed by atoms with E-state index in [2.05, 4.69) is 6.58 Å². The van der Waals surface area contributed by atoms with E-state index in [1.165, 1.54) is 0 Å². The summed E-state index contributed by atoms with van der Waals surface area (Å²) in [5.74, 6) is -0.0204. The van der Waals surface area contributed by atoms with Crippen molar-refractivity contribution in [2.75, 3.05) is 46.2 Å². The van der Waals surface area contributed by atoms with E-state index in [0.717, 1.165) is 0 Å². The van der Waals surface area contributed by atoms with Crippen molar-refractivity contribution in [2.24, 2.45) is 0 Å². The molecule has 1 unspecified atom stereocenters. The molecule has 1 rings (SSSR count). The van der Waals surface area contributed by atoms with Gasteiger partial charge in [-0.1, -0.05) is 6.58 Å². The van der Waals surface area contributed by atoms with Crippen LogP contribution in [0.5, 0.6) is 0 Å². The van der Waals surface area contributed by atoms with Crippen molar-refractivity contribution in [3.05, 3.63) is 12.3 Å². The highest BCUT2D eigenvalue weighted by molar-refractivity contribution is 4.90. The SMILES string of the molecule is C=C(O)C1COCCOCCOCCO1. The van der Waals surface area contributed by atoms with Crippen molar-refractivity contribution in [1.29, 1.82) is 0 Å². The Balaban J connectivity index is 2.28. The normalized spacial score (nSPS) is 26.3. The van der Waals surface area contributed by atoms with Crippen LogP contribution in [0.25, 0.3) is 0 Å². The van der Waals surface area contributed by atoms with Crippen LogP contribution in [-0.2, 0) is 18.9 Å². The molecule has 15 heavy (non-hydrogen) atoms. The molecule has 88 valence electrons. The highest BCUT2D eigenvalue weighted by Gasteiger charge is 2.12. The fourth-order valence-corrected chi connectivity index (χ4v) is 1.12. The van der Waals surface area contributed by atoms with Gasteiger partial charge in [0.15, 0.2) is 0 Å². The molecule has 0 aromatic rings. The van der Waals surface area contributed by atoms with E-state index in [9.17, 15) is 5.11 Å². The predicted octanol–water partition coefficient (Wildman–Crippen LogP) is 0.507. The zero-order valence-corrected chi connectivity index (χ0v) is 8.81. The summed E-state index contributed by atoms with van der Waals surface area (Å²) < 4.78 is 21.1. The second-order valence-corrected chi connectivity index (χ2v) is 3.15. The second-order valence-electron chi connectivity index (χ2n) is 3.15. The van der Waals surface area contributed by atoms with Crippen LogP contribution in [0, 0.1) is 0 Å². The summed E-state index contributed by atoms with van der Waals surface area (Å²) >= 11 is 0. The van der Waals surface area contributed by atoms with Crippen molar-refractivity contribution >= 4 is 0 Å². The first kappa shape index (κ1) is 12.4. The minimum absolute atomic E-state index is 0.0204. The van der Waals surface area contributed by atoms with Gasteiger partial charge in [-0.25, -0.2) is 0 Å². The summed E-state index contributed by atoms with van der Waals surface area (Å²) in [6, 6.07) is 0. The van der Waals surface area contributed by atoms with Crippen LogP contribution in [-0.4, -0.2) is 57.5 Å². The first-order valence-corrected chi connectivity index (χ1v) is 5.03. The lowest BCUT2D eigenvalue weighted by Gasteiger charge is -2.18. The Morgan fingerprint density at radius 3 is 2.07 bits per heavy atom. The molecule has 0 bridgehead atoms. The van der Waals surface area contributed by atoms with Gasteiger partial charge in [-0.15, -0.1) is 0 Å². The van der Waals surface area contributed by atoms with Gasteiger partial charge >= 0.3 is 0 Å². The maximum atomic E-state index is 9.21. The number of hydrogen-bond donors (Lipinski definition) is 1. The predicted molar refractivity (Wildman–Crippen MR) is 54.0 cm³/mol. The number of aliphatic hydroxyl groups is 1. The molecule has 0 amide bonds. The van der Waals surface area contributed by atoms with Crippen LogP contribution in [0.1, 0.15) is 0 Å². The molecule has 1 heterocycles. The van der Waals surface area contributed by atoms with Crippen molar-refractivity contribution in [3.63, 3.8) is 0 Å². The molecule has 1 saturated heterocycles. The zero-order valence-electron chi connectivity index (χ0n) is 8.81. The minimum atomic E-state index is -0.479. The standard InChI is InChI=1S/C10H18O5/c1-9(11)10-8-14-5-4-12-2-3-13-6-7-15-10/h10-11H,1-8H2. The monoisotopic (exact) mass is 218 g/mol. The van der Waals surface area contributed by atoms with Crippen LogP contribution in [0.4, 0.5) is 0 Å². The summed E-state index contributed by atoms with van der Waals surface area (Å²) in [5, 5.41) is 9.21. The Hall–Kier alpha value is -0.620. The molecule has 1 aliphatic rings. The average molecular weight is 218 g/mol. The van der Waals surface area contributed by atoms with Crippen molar-refractivity contribution in [1.82, 2.24) is 0 Å². The van der Waals surface area contributed by atoms with E-state index in [1.807, 2.05) is 0 Å². The van der Waals surface area contributed by atoms with E-state index in [0.29, 0.717) is 46.2 Å². The van der Waals surface area contributed by atoms with E-state index in [4.69, 9.17) is 18.9 Å². The lowest BCUT2D eigenvalue weighted by atomic mass is 10.3. The van der Waals surface area contributed by atoms with Crippen molar-refractivity contribution < 1.29 is 24.1 Å². The topological polar surface area (TPSA) is 57.2 Å². The Bertz CT molecular complexity index is 171. The lowest BCUT2D eigenvalue weighted by Crippen LogP contribution is -2.26. The smallest absolute Gasteiger partial charge is 0.137 e. The highest BCUT2D eigenvalue weighted by Crippen LogP contribution is 2.02. The van der Waals surface area contributed by atoms with Gasteiger partial charge in [-0.05, 0) is 0 Å². The number of hydrogen-bond acceptors (Lipinski definition) is 5. The summed E-state index contributed by atoms with van der Waals surface area (Å²) in [7, 11) is 0. The van der Waals surface area contributed by atoms with Gasteiger partial charge in [0.1, 0.15) is 11.9 Å². The Morgan fingerprint density at radius 1 is 0.933 bits per heavy atom. The third kappa shape index (κ3) is 5.74. The first-order chi connectivity index (χ1) is 7.30. The van der Waals surface area contributed by atoms with Crippen LogP contribution in [0.15, 0.2) is 12.3 Å². The first-order valence-electron chi connectivity index (χ1n) is 5.03. The van der Waals surface area contributed by atoms with Gasteiger partial charge in [0.2, 0.25) is 0 Å². The lowest BCUT2D eigenvalue weighted by molar-refractivity contribution is -0.0646. The fraction of sp³-hybridized carbons (Fsp3) is 0.800. The third-order valence-electron chi connectivity index (χ3n) is 1.93. The van der Waals surface area contributed by atoms with Gasteiger partial charge in [0.05, 0.1) is 46.2 Å². The molecule has 0 radical (unpaired) electrons. The zero-order chi connectivity index (χ0) is 10.9. The molecule has 5 heteroatoms. The fourth-order valence-electron chi connectivity index (χ4n) is 1.12. The minimum Gasteiger partial charge on any atom is -0.510 e. The molecular formula is C10H18O5. The Morgan fingerprint density at radius 2 is 1.47 bits per heavy atom. The molecule has 5 nitrogen and oxygen atoms in total. The molecule has 1 N–H and O–H groups in total. The van der Waals surface area contributed by atoms with Crippen LogP contribution >= 0.6 is 0 Å². The largest absolute Gasteiger partial charge is 0.510 e. The van der Waals surface area contributed by atoms with E-state index < -0.39 is 6.10 Å². The molecule has 0 aliphatic carbocycles. The van der Waals surface area contributed by atoms with Crippen LogP contribution in [0.3, 0.4) is 0 Å². The van der Waals surface area contributed by atoms with Crippen molar-refractivity contribution in [3.8, 4) is 0 Å². The summed E-state index contributed by atoms with van der Waals surface area (Å²) in [4.78, 5) is 0. The molecule has 1 fully saturated rings. The molecule has 0 aromatic heterocycles. The Labute approximate surface area is 89.6 Å². The quantitative estimate of drug-likeness (QED) is 0.650. The maximum absolute atomic E-state index is 9.21. The molecular weight excluding hydrogens is 200 g/mol. The van der Waals surface area contributed by atoms with Gasteiger partial charge in [0, 0.05) is 0 Å². The molecule has 1 atom stereocenters. The highest BCUT2D eigenvalue weighted by atomic mass is 16.6. The van der Waals surface area contributed by atoms with Gasteiger partial charge in [-0.3, -0.25) is 0 Å². The van der Waals surface area contributed by atoms with E-state index >= 15 is 0 Å². The van der Waals surface area contributed by atoms with Crippen LogP contribution < -0.4 is 0 Å². The summed E-state index contributed by atoms with van der Waals surface area (Å²) in [5.41, 5.74) is 0. The molecule has 0 aromatic carbocycles. The average Bonchev–Trinajstić information content (AvgIpc) is 2.18. The van der Waals surface area contributed by atoms with E-state index in [1.54, 1.807) is 0 Å². The number of rotatable bonds is 1. The summed E-state index contributed by atoms with van der Waals surface area (Å²) in [6.07, 6.45) is -0.479. The van der Waals surface area contributed by atoms with E-state index in [-0.39, 0.29) is 5.76 Å². The third-order valence-corrected chi connectivity index (χ3v) is 1.93. The van der Waals surface area contributed by atoms with Gasteiger partial charge < -0.3 is 24.1 Å². The Kier molecular flexibility index (Phi) is 6.34. The second kappa shape index (κ2) is 7.64. The van der Waals surface area contributed by atoms with Crippen LogP contribution in [0.2, 0.25) is 0 Å². The maximum Gasteiger partial charge on any atom is 0.137 e.